The zero-order valence-electron chi connectivity index (χ0n) is 8.97. The Hall–Kier alpha value is -0.520. The molecule has 1 aromatic carbocycles. The van der Waals surface area contributed by atoms with Crippen molar-refractivity contribution in [3.8, 4) is 0 Å². The third kappa shape index (κ3) is 3.50. The molecule has 0 amide bonds. The van der Waals surface area contributed by atoms with Gasteiger partial charge in [-0.2, -0.15) is 0 Å². The molecule has 0 radical (unpaired) electrons. The first-order valence-electron chi connectivity index (χ1n) is 4.95. The Balaban J connectivity index is 2.78. The van der Waals surface area contributed by atoms with Gasteiger partial charge in [-0.3, -0.25) is 0 Å². The molecule has 1 aromatic rings. The first kappa shape index (κ1) is 13.5. The average Bonchev–Trinajstić information content (AvgIpc) is 2.16. The number of hydrogen-bond donors (Lipinski definition) is 1. The van der Waals surface area contributed by atoms with Crippen molar-refractivity contribution in [3.63, 3.8) is 0 Å². The van der Waals surface area contributed by atoms with Crippen LogP contribution in [-0.4, -0.2) is 13.7 Å². The standard InChI is InChI=1S/C11H14BrF2NO/c1-16-4-2-3-10(15)11-8(13)5-7(12)6-9(11)14/h5-6,10H,2-4,15H2,1H3. The molecule has 0 saturated carbocycles. The van der Waals surface area contributed by atoms with E-state index in [9.17, 15) is 8.78 Å². The number of halogens is 3. The Morgan fingerprint density at radius 2 is 1.94 bits per heavy atom. The van der Waals surface area contributed by atoms with Gasteiger partial charge in [-0.1, -0.05) is 15.9 Å². The lowest BCUT2D eigenvalue weighted by Gasteiger charge is -2.14. The van der Waals surface area contributed by atoms with Crippen LogP contribution in [0.5, 0.6) is 0 Å². The fourth-order valence-electron chi connectivity index (χ4n) is 1.50. The van der Waals surface area contributed by atoms with E-state index in [1.165, 1.54) is 12.1 Å². The normalized spacial score (nSPS) is 12.8. The lowest BCUT2D eigenvalue weighted by molar-refractivity contribution is 0.190. The number of hydrogen-bond acceptors (Lipinski definition) is 2. The number of benzene rings is 1. The molecule has 2 N–H and O–H groups in total. The van der Waals surface area contributed by atoms with Gasteiger partial charge in [-0.25, -0.2) is 8.78 Å². The minimum atomic E-state index is -0.636. The summed E-state index contributed by atoms with van der Waals surface area (Å²) in [5, 5.41) is 0. The topological polar surface area (TPSA) is 35.2 Å². The van der Waals surface area contributed by atoms with Gasteiger partial charge in [0.2, 0.25) is 0 Å². The first-order chi connectivity index (χ1) is 7.56. The van der Waals surface area contributed by atoms with Crippen LogP contribution < -0.4 is 5.73 Å². The molecule has 0 aliphatic carbocycles. The van der Waals surface area contributed by atoms with Gasteiger partial charge in [0.25, 0.3) is 0 Å². The van der Waals surface area contributed by atoms with Gasteiger partial charge in [-0.15, -0.1) is 0 Å². The molecule has 1 atom stereocenters. The van der Waals surface area contributed by atoms with Crippen molar-refractivity contribution < 1.29 is 13.5 Å². The van der Waals surface area contributed by atoms with Crippen LogP contribution in [0.3, 0.4) is 0 Å². The number of methoxy groups -OCH3 is 1. The van der Waals surface area contributed by atoms with Gasteiger partial charge < -0.3 is 10.5 Å². The summed E-state index contributed by atoms with van der Waals surface area (Å²) in [6.45, 7) is 0.535. The smallest absolute Gasteiger partial charge is 0.132 e. The summed E-state index contributed by atoms with van der Waals surface area (Å²) in [5.74, 6) is -1.23. The summed E-state index contributed by atoms with van der Waals surface area (Å²) in [7, 11) is 1.58. The number of rotatable bonds is 5. The van der Waals surface area contributed by atoms with Crippen LogP contribution in [0.2, 0.25) is 0 Å². The summed E-state index contributed by atoms with van der Waals surface area (Å²) in [6, 6.07) is 1.80. The highest BCUT2D eigenvalue weighted by Gasteiger charge is 2.17. The summed E-state index contributed by atoms with van der Waals surface area (Å²) < 4.78 is 32.2. The summed E-state index contributed by atoms with van der Waals surface area (Å²) >= 11 is 3.02. The molecule has 16 heavy (non-hydrogen) atoms. The van der Waals surface area contributed by atoms with Gasteiger partial charge in [0.1, 0.15) is 11.6 Å². The minimum Gasteiger partial charge on any atom is -0.385 e. The lowest BCUT2D eigenvalue weighted by atomic mass is 10.0. The molecule has 2 nitrogen and oxygen atoms in total. The first-order valence-corrected chi connectivity index (χ1v) is 5.74. The summed E-state index contributed by atoms with van der Waals surface area (Å²) in [4.78, 5) is 0. The van der Waals surface area contributed by atoms with Crippen molar-refractivity contribution in [2.75, 3.05) is 13.7 Å². The van der Waals surface area contributed by atoms with E-state index in [0.717, 1.165) is 0 Å². The average molecular weight is 294 g/mol. The highest BCUT2D eigenvalue weighted by Crippen LogP contribution is 2.25. The third-order valence-corrected chi connectivity index (χ3v) is 2.74. The molecule has 0 aliphatic heterocycles. The maximum Gasteiger partial charge on any atom is 0.132 e. The predicted molar refractivity (Wildman–Crippen MR) is 62.1 cm³/mol. The van der Waals surface area contributed by atoms with E-state index in [1.54, 1.807) is 7.11 Å². The maximum absolute atomic E-state index is 13.5. The molecule has 1 unspecified atom stereocenters. The minimum absolute atomic E-state index is 0.0562. The molecule has 0 fully saturated rings. The van der Waals surface area contributed by atoms with E-state index >= 15 is 0 Å². The van der Waals surface area contributed by atoms with Crippen molar-refractivity contribution in [1.82, 2.24) is 0 Å². The Morgan fingerprint density at radius 3 is 2.44 bits per heavy atom. The van der Waals surface area contributed by atoms with E-state index in [-0.39, 0.29) is 5.56 Å². The molecule has 5 heteroatoms. The van der Waals surface area contributed by atoms with E-state index < -0.39 is 17.7 Å². The summed E-state index contributed by atoms with van der Waals surface area (Å²) in [6.07, 6.45) is 1.16. The Kier molecular flexibility index (Phi) is 5.31. The number of nitrogens with two attached hydrogens (primary N) is 1. The fourth-order valence-corrected chi connectivity index (χ4v) is 1.90. The Morgan fingerprint density at radius 1 is 1.38 bits per heavy atom. The van der Waals surface area contributed by atoms with Gasteiger partial charge in [0.05, 0.1) is 0 Å². The van der Waals surface area contributed by atoms with Gasteiger partial charge in [0.15, 0.2) is 0 Å². The molecule has 0 aromatic heterocycles. The van der Waals surface area contributed by atoms with Crippen molar-refractivity contribution in [3.05, 3.63) is 33.8 Å². The van der Waals surface area contributed by atoms with Crippen molar-refractivity contribution in [1.29, 1.82) is 0 Å². The van der Waals surface area contributed by atoms with Crippen molar-refractivity contribution in [2.24, 2.45) is 5.73 Å². The van der Waals surface area contributed by atoms with Crippen molar-refractivity contribution in [2.45, 2.75) is 18.9 Å². The highest BCUT2D eigenvalue weighted by molar-refractivity contribution is 9.10. The molecule has 1 rings (SSSR count). The fraction of sp³-hybridized carbons (Fsp3) is 0.455. The van der Waals surface area contributed by atoms with Crippen LogP contribution in [0.25, 0.3) is 0 Å². The molecule has 90 valence electrons. The van der Waals surface area contributed by atoms with Gasteiger partial charge in [0, 0.05) is 29.8 Å². The second-order valence-electron chi connectivity index (χ2n) is 3.52. The molecule has 0 aliphatic rings. The monoisotopic (exact) mass is 293 g/mol. The van der Waals surface area contributed by atoms with E-state index in [2.05, 4.69) is 15.9 Å². The quantitative estimate of drug-likeness (QED) is 0.847. The van der Waals surface area contributed by atoms with E-state index in [0.29, 0.717) is 23.9 Å². The largest absolute Gasteiger partial charge is 0.385 e. The number of ether oxygens (including phenoxy) is 1. The van der Waals surface area contributed by atoms with Crippen LogP contribution in [0.15, 0.2) is 16.6 Å². The summed E-state index contributed by atoms with van der Waals surface area (Å²) in [5.41, 5.74) is 5.68. The molecule has 0 heterocycles. The van der Waals surface area contributed by atoms with E-state index in [1.807, 2.05) is 0 Å². The van der Waals surface area contributed by atoms with Crippen LogP contribution in [-0.2, 0) is 4.74 Å². The maximum atomic E-state index is 13.5. The predicted octanol–water partition coefficient (Wildman–Crippen LogP) is 3.15. The molecule has 0 spiro atoms. The van der Waals surface area contributed by atoms with Gasteiger partial charge >= 0.3 is 0 Å². The molecular formula is C11H14BrF2NO. The second-order valence-corrected chi connectivity index (χ2v) is 4.44. The zero-order chi connectivity index (χ0) is 12.1. The lowest BCUT2D eigenvalue weighted by Crippen LogP contribution is -2.15. The highest BCUT2D eigenvalue weighted by atomic mass is 79.9. The zero-order valence-corrected chi connectivity index (χ0v) is 10.6. The van der Waals surface area contributed by atoms with Gasteiger partial charge in [-0.05, 0) is 25.0 Å². The molecular weight excluding hydrogens is 280 g/mol. The molecule has 0 saturated heterocycles. The van der Waals surface area contributed by atoms with Crippen molar-refractivity contribution >= 4 is 15.9 Å². The van der Waals surface area contributed by atoms with Crippen LogP contribution >= 0.6 is 15.9 Å². The second kappa shape index (κ2) is 6.27. The Bertz CT molecular complexity index is 337. The Labute approximate surface area is 102 Å². The van der Waals surface area contributed by atoms with Crippen LogP contribution in [0.4, 0.5) is 8.78 Å². The SMILES string of the molecule is COCCCC(N)c1c(F)cc(Br)cc1F. The van der Waals surface area contributed by atoms with Crippen LogP contribution in [0, 0.1) is 11.6 Å². The third-order valence-electron chi connectivity index (χ3n) is 2.28. The molecule has 0 bridgehead atoms. The van der Waals surface area contributed by atoms with E-state index in [4.69, 9.17) is 10.5 Å². The van der Waals surface area contributed by atoms with Crippen LogP contribution in [0.1, 0.15) is 24.4 Å².